The van der Waals surface area contributed by atoms with Crippen LogP contribution in [0.5, 0.6) is 17.2 Å². The van der Waals surface area contributed by atoms with Gasteiger partial charge in [-0.3, -0.25) is 4.79 Å². The summed E-state index contributed by atoms with van der Waals surface area (Å²) in [6.07, 6.45) is 4.39. The highest BCUT2D eigenvalue weighted by atomic mass is 16.5. The molecule has 0 saturated carbocycles. The lowest BCUT2D eigenvalue weighted by Crippen LogP contribution is -2.07. The first-order chi connectivity index (χ1) is 12.5. The average molecular weight is 354 g/mol. The number of ether oxygens (including phenoxy) is 3. The third-order valence-electron chi connectivity index (χ3n) is 4.30. The fraction of sp³-hybridized carbons (Fsp3) is 0.318. The van der Waals surface area contributed by atoms with Crippen molar-refractivity contribution in [3.05, 3.63) is 59.2 Å². The first-order valence-corrected chi connectivity index (χ1v) is 8.56. The Hall–Kier alpha value is -2.75. The van der Waals surface area contributed by atoms with Crippen LogP contribution in [0.25, 0.3) is 6.08 Å². The highest BCUT2D eigenvalue weighted by Crippen LogP contribution is 2.36. The molecule has 0 aliphatic rings. The molecule has 0 aliphatic heterocycles. The van der Waals surface area contributed by atoms with E-state index in [0.717, 1.165) is 22.4 Å². The Morgan fingerprint density at radius 3 is 2.04 bits per heavy atom. The summed E-state index contributed by atoms with van der Waals surface area (Å²) in [7, 11) is 4.87. The van der Waals surface area contributed by atoms with Crippen molar-refractivity contribution >= 4 is 11.9 Å². The smallest absolute Gasteiger partial charge is 0.161 e. The number of hydrogen-bond acceptors (Lipinski definition) is 4. The first kappa shape index (κ1) is 19.6. The van der Waals surface area contributed by atoms with E-state index in [2.05, 4.69) is 6.07 Å². The normalized spacial score (nSPS) is 12.0. The molecule has 2 rings (SSSR count). The lowest BCUT2D eigenvalue weighted by Gasteiger charge is -2.20. The molecular weight excluding hydrogens is 328 g/mol. The highest BCUT2D eigenvalue weighted by Gasteiger charge is 2.19. The number of hydrogen-bond donors (Lipinski definition) is 0. The second-order valence-corrected chi connectivity index (χ2v) is 6.07. The summed E-state index contributed by atoms with van der Waals surface area (Å²) < 4.78 is 16.2. The lowest BCUT2D eigenvalue weighted by molar-refractivity contribution is -0.117. The zero-order valence-electron chi connectivity index (χ0n) is 16.0. The van der Waals surface area contributed by atoms with Crippen molar-refractivity contribution in [1.29, 1.82) is 0 Å². The Morgan fingerprint density at radius 1 is 0.923 bits per heavy atom. The van der Waals surface area contributed by atoms with E-state index in [4.69, 9.17) is 14.2 Å². The number of rotatable bonds is 8. The van der Waals surface area contributed by atoms with Crippen molar-refractivity contribution in [2.45, 2.75) is 26.2 Å². The van der Waals surface area contributed by atoms with Crippen molar-refractivity contribution in [1.82, 2.24) is 0 Å². The molecule has 0 spiro atoms. The maximum atomic E-state index is 11.9. The molecule has 0 heterocycles. The van der Waals surface area contributed by atoms with Gasteiger partial charge in [-0.15, -0.1) is 0 Å². The molecule has 0 saturated heterocycles. The number of allylic oxidation sites excluding steroid dienone is 1. The average Bonchev–Trinajstić information content (AvgIpc) is 2.65. The predicted molar refractivity (Wildman–Crippen MR) is 104 cm³/mol. The topological polar surface area (TPSA) is 44.8 Å². The summed E-state index contributed by atoms with van der Waals surface area (Å²) in [4.78, 5) is 11.9. The Balaban J connectivity index is 2.55. The second kappa shape index (κ2) is 9.09. The molecule has 26 heavy (non-hydrogen) atoms. The van der Waals surface area contributed by atoms with Gasteiger partial charge in [0.1, 0.15) is 11.5 Å². The van der Waals surface area contributed by atoms with Crippen molar-refractivity contribution in [2.75, 3.05) is 21.3 Å². The lowest BCUT2D eigenvalue weighted by atomic mass is 9.86. The van der Waals surface area contributed by atoms with E-state index in [0.29, 0.717) is 17.9 Å². The van der Waals surface area contributed by atoms with Gasteiger partial charge in [0.15, 0.2) is 11.5 Å². The van der Waals surface area contributed by atoms with Gasteiger partial charge in [-0.05, 0) is 49.2 Å². The molecule has 0 aromatic heterocycles. The molecule has 4 heteroatoms. The van der Waals surface area contributed by atoms with Gasteiger partial charge in [0, 0.05) is 17.9 Å². The maximum Gasteiger partial charge on any atom is 0.161 e. The van der Waals surface area contributed by atoms with Crippen LogP contribution >= 0.6 is 0 Å². The van der Waals surface area contributed by atoms with Gasteiger partial charge in [-0.1, -0.05) is 24.3 Å². The van der Waals surface area contributed by atoms with Crippen molar-refractivity contribution in [3.8, 4) is 17.2 Å². The van der Waals surface area contributed by atoms with Crippen LogP contribution in [0.15, 0.2) is 42.5 Å². The largest absolute Gasteiger partial charge is 0.496 e. The SMILES string of the molecule is CC=Cc1cc(C(CC(C)=O)c2ccc(OC)c(OC)c2)ccc1OC. The van der Waals surface area contributed by atoms with Crippen LogP contribution in [0.3, 0.4) is 0 Å². The van der Waals surface area contributed by atoms with Gasteiger partial charge >= 0.3 is 0 Å². The molecule has 0 amide bonds. The van der Waals surface area contributed by atoms with Gasteiger partial charge in [-0.25, -0.2) is 0 Å². The summed E-state index contributed by atoms with van der Waals surface area (Å²) in [5.74, 6) is 2.19. The van der Waals surface area contributed by atoms with E-state index in [-0.39, 0.29) is 11.7 Å². The van der Waals surface area contributed by atoms with Crippen LogP contribution in [0.4, 0.5) is 0 Å². The Kier molecular flexibility index (Phi) is 6.84. The van der Waals surface area contributed by atoms with E-state index in [1.807, 2.05) is 49.4 Å². The maximum absolute atomic E-state index is 11.9. The second-order valence-electron chi connectivity index (χ2n) is 6.07. The van der Waals surface area contributed by atoms with Gasteiger partial charge in [0.2, 0.25) is 0 Å². The summed E-state index contributed by atoms with van der Waals surface area (Å²) in [6, 6.07) is 11.8. The molecule has 1 atom stereocenters. The summed E-state index contributed by atoms with van der Waals surface area (Å²) in [5, 5.41) is 0. The minimum atomic E-state index is -0.0674. The van der Waals surface area contributed by atoms with Crippen LogP contribution < -0.4 is 14.2 Å². The van der Waals surface area contributed by atoms with Crippen molar-refractivity contribution in [2.24, 2.45) is 0 Å². The number of benzene rings is 2. The quantitative estimate of drug-likeness (QED) is 0.679. The van der Waals surface area contributed by atoms with Crippen molar-refractivity contribution < 1.29 is 19.0 Å². The molecule has 0 radical (unpaired) electrons. The van der Waals surface area contributed by atoms with Gasteiger partial charge in [-0.2, -0.15) is 0 Å². The Bertz CT molecular complexity index is 793. The fourth-order valence-corrected chi connectivity index (χ4v) is 3.06. The van der Waals surface area contributed by atoms with E-state index < -0.39 is 0 Å². The van der Waals surface area contributed by atoms with Crippen LogP contribution in [0, 0.1) is 0 Å². The molecule has 4 nitrogen and oxygen atoms in total. The van der Waals surface area contributed by atoms with Gasteiger partial charge < -0.3 is 14.2 Å². The van der Waals surface area contributed by atoms with E-state index in [9.17, 15) is 4.79 Å². The zero-order chi connectivity index (χ0) is 19.1. The molecule has 2 aromatic carbocycles. The molecule has 0 bridgehead atoms. The number of carbonyl (C=O) groups is 1. The number of methoxy groups -OCH3 is 3. The van der Waals surface area contributed by atoms with E-state index in [1.165, 1.54) is 0 Å². The molecule has 0 N–H and O–H groups in total. The Morgan fingerprint density at radius 2 is 1.50 bits per heavy atom. The highest BCUT2D eigenvalue weighted by molar-refractivity contribution is 5.77. The molecule has 138 valence electrons. The molecular formula is C22H26O4. The molecule has 0 fully saturated rings. The van der Waals surface area contributed by atoms with Crippen LogP contribution in [0.1, 0.15) is 42.9 Å². The molecule has 1 unspecified atom stereocenters. The fourth-order valence-electron chi connectivity index (χ4n) is 3.06. The van der Waals surface area contributed by atoms with E-state index in [1.54, 1.807) is 28.3 Å². The third kappa shape index (κ3) is 4.45. The zero-order valence-corrected chi connectivity index (χ0v) is 16.0. The summed E-state index contributed by atoms with van der Waals surface area (Å²) >= 11 is 0. The number of ketones is 1. The predicted octanol–water partition coefficient (Wildman–Crippen LogP) is 4.86. The van der Waals surface area contributed by atoms with Crippen LogP contribution in [-0.2, 0) is 4.79 Å². The minimum Gasteiger partial charge on any atom is -0.496 e. The Labute approximate surface area is 155 Å². The summed E-state index contributed by atoms with van der Waals surface area (Å²) in [5.41, 5.74) is 3.05. The van der Waals surface area contributed by atoms with Crippen LogP contribution in [0.2, 0.25) is 0 Å². The molecule has 0 aliphatic carbocycles. The standard InChI is InChI=1S/C22H26O4/c1-6-7-18-13-16(8-10-20(18)24-3)19(12-15(2)23)17-9-11-21(25-4)22(14-17)26-5/h6-11,13-14,19H,12H2,1-5H3. The molecule has 2 aromatic rings. The monoisotopic (exact) mass is 354 g/mol. The number of Topliss-reactive ketones (excluding diaryl/α,β-unsaturated/α-hetero) is 1. The summed E-state index contributed by atoms with van der Waals surface area (Å²) in [6.45, 7) is 3.58. The third-order valence-corrected chi connectivity index (χ3v) is 4.30. The van der Waals surface area contributed by atoms with Crippen molar-refractivity contribution in [3.63, 3.8) is 0 Å². The van der Waals surface area contributed by atoms with E-state index >= 15 is 0 Å². The minimum absolute atomic E-state index is 0.0674. The number of carbonyl (C=O) groups excluding carboxylic acids is 1. The van der Waals surface area contributed by atoms with Gasteiger partial charge in [0.25, 0.3) is 0 Å². The van der Waals surface area contributed by atoms with Gasteiger partial charge in [0.05, 0.1) is 21.3 Å². The first-order valence-electron chi connectivity index (χ1n) is 8.56. The van der Waals surface area contributed by atoms with Crippen LogP contribution in [-0.4, -0.2) is 27.1 Å².